The lowest BCUT2D eigenvalue weighted by Gasteiger charge is -2.33. The van der Waals surface area contributed by atoms with Crippen LogP contribution in [0.3, 0.4) is 0 Å². The van der Waals surface area contributed by atoms with E-state index >= 15 is 0 Å². The van der Waals surface area contributed by atoms with Crippen molar-refractivity contribution in [1.29, 1.82) is 0 Å². The Bertz CT molecular complexity index is 1610. The number of allylic oxidation sites excluding steroid dienone is 1. The molecule has 3 aromatic rings. The lowest BCUT2D eigenvalue weighted by molar-refractivity contribution is 0.0375. The van der Waals surface area contributed by atoms with E-state index in [2.05, 4.69) is 34.0 Å². The number of rotatable bonds is 12. The fourth-order valence-electron chi connectivity index (χ4n) is 5.06. The van der Waals surface area contributed by atoms with Crippen molar-refractivity contribution in [1.82, 2.24) is 9.47 Å². The lowest BCUT2D eigenvalue weighted by atomic mass is 10.0. The highest BCUT2D eigenvalue weighted by molar-refractivity contribution is 7.89. The quantitative estimate of drug-likeness (QED) is 0.154. The van der Waals surface area contributed by atoms with Crippen LogP contribution in [-0.4, -0.2) is 86.1 Å². The van der Waals surface area contributed by atoms with Crippen LogP contribution in [0.1, 0.15) is 18.5 Å². The van der Waals surface area contributed by atoms with Crippen LogP contribution in [0.15, 0.2) is 60.0 Å². The number of nitrogens with zero attached hydrogens (tertiary/aromatic N) is 2. The number of alkyl halides is 2. The minimum Gasteiger partial charge on any atom is -0.495 e. The van der Waals surface area contributed by atoms with E-state index in [9.17, 15) is 22.3 Å². The molecular formula is C30H37F2N5O5S. The number of hydrogen-bond acceptors (Lipinski definition) is 8. The number of fused-ring (bicyclic) bond motifs is 1. The summed E-state index contributed by atoms with van der Waals surface area (Å²) >= 11 is 0. The summed E-state index contributed by atoms with van der Waals surface area (Å²) in [5.41, 5.74) is 2.31. The van der Waals surface area contributed by atoms with Crippen LogP contribution in [0, 0.1) is 11.8 Å². The van der Waals surface area contributed by atoms with Gasteiger partial charge in [-0.05, 0) is 55.2 Å². The van der Waals surface area contributed by atoms with Gasteiger partial charge in [0.2, 0.25) is 10.0 Å². The molecule has 1 atom stereocenters. The van der Waals surface area contributed by atoms with Gasteiger partial charge in [0.1, 0.15) is 5.75 Å². The van der Waals surface area contributed by atoms with E-state index in [-0.39, 0.29) is 29.8 Å². The molecule has 4 rings (SSSR count). The summed E-state index contributed by atoms with van der Waals surface area (Å²) in [5, 5.41) is 31.4. The maximum Gasteiger partial charge on any atom is 0.283 e. The zero-order chi connectivity index (χ0) is 31.2. The van der Waals surface area contributed by atoms with Crippen LogP contribution in [0.25, 0.3) is 10.9 Å². The number of benzene rings is 2. The molecule has 232 valence electrons. The molecule has 1 unspecified atom stereocenters. The Labute approximate surface area is 250 Å². The highest BCUT2D eigenvalue weighted by atomic mass is 32.2. The molecule has 0 saturated carbocycles. The highest BCUT2D eigenvalue weighted by Crippen LogP contribution is 2.31. The summed E-state index contributed by atoms with van der Waals surface area (Å²) in [6.07, 6.45) is 1.51. The molecule has 2 heterocycles. The average Bonchev–Trinajstić information content (AvgIpc) is 3.32. The number of anilines is 2. The first-order valence-corrected chi connectivity index (χ1v) is 15.3. The number of likely N-dealkylation sites (tertiary alicyclic amines) is 1. The highest BCUT2D eigenvalue weighted by Gasteiger charge is 2.27. The van der Waals surface area contributed by atoms with E-state index in [4.69, 9.17) is 15.0 Å². The standard InChI is InChI=1S/C30H37F2N5O5S/c1-3-30(31,32)20-37-22(6-5-13-34-27-10-9-24(43(33,40)41)17-29(27)42-2)16-25-26(7-4-8-28(25)37)35-21-11-14-36(15-12-21)18-23(39)19-38/h3-4,7-10,16-17,21,23,34-35,38-39H,1,11-15,18-20H2,2H3,(H2,33,40,41). The number of nitrogens with two attached hydrogens (primary N) is 1. The van der Waals surface area contributed by atoms with Gasteiger partial charge in [0, 0.05) is 42.8 Å². The number of primary sulfonamides is 1. The van der Waals surface area contributed by atoms with Crippen molar-refractivity contribution in [2.75, 3.05) is 50.5 Å². The van der Waals surface area contributed by atoms with Crippen LogP contribution in [-0.2, 0) is 16.6 Å². The first-order valence-electron chi connectivity index (χ1n) is 13.8. The van der Waals surface area contributed by atoms with Gasteiger partial charge in [0.15, 0.2) is 0 Å². The van der Waals surface area contributed by atoms with E-state index < -0.39 is 28.6 Å². The Morgan fingerprint density at radius 1 is 1.23 bits per heavy atom. The molecule has 0 radical (unpaired) electrons. The molecule has 10 nitrogen and oxygen atoms in total. The Morgan fingerprint density at radius 3 is 2.63 bits per heavy atom. The Hall–Kier alpha value is -3.67. The number of aliphatic hydroxyl groups is 2. The Kier molecular flexibility index (Phi) is 10.3. The summed E-state index contributed by atoms with van der Waals surface area (Å²) in [5.74, 6) is 3.07. The molecule has 0 amide bonds. The first-order chi connectivity index (χ1) is 20.4. The van der Waals surface area contributed by atoms with Crippen molar-refractivity contribution in [3.05, 3.63) is 60.8 Å². The van der Waals surface area contributed by atoms with Crippen molar-refractivity contribution < 1.29 is 32.1 Å². The molecule has 2 aromatic carbocycles. The molecule has 0 bridgehead atoms. The van der Waals surface area contributed by atoms with Gasteiger partial charge in [-0.2, -0.15) is 0 Å². The zero-order valence-corrected chi connectivity index (χ0v) is 24.7. The average molecular weight is 618 g/mol. The minimum absolute atomic E-state index is 0.0934. The number of methoxy groups -OCH3 is 1. The molecule has 43 heavy (non-hydrogen) atoms. The third kappa shape index (κ3) is 8.25. The summed E-state index contributed by atoms with van der Waals surface area (Å²) in [6, 6.07) is 11.6. The maximum absolute atomic E-state index is 14.5. The van der Waals surface area contributed by atoms with Crippen molar-refractivity contribution in [3.8, 4) is 17.6 Å². The number of ether oxygens (including phenoxy) is 1. The number of halogens is 2. The third-order valence-corrected chi connectivity index (χ3v) is 8.24. The molecule has 1 saturated heterocycles. The van der Waals surface area contributed by atoms with Gasteiger partial charge < -0.3 is 35.1 Å². The fourth-order valence-corrected chi connectivity index (χ4v) is 5.59. The van der Waals surface area contributed by atoms with Crippen LogP contribution < -0.4 is 20.5 Å². The van der Waals surface area contributed by atoms with Gasteiger partial charge in [-0.25, -0.2) is 22.3 Å². The van der Waals surface area contributed by atoms with Crippen LogP contribution in [0.4, 0.5) is 20.2 Å². The number of β-amino-alcohol motifs (C(OH)–C–C–N with tert-alkyl or cyclic N) is 1. The van der Waals surface area contributed by atoms with Crippen LogP contribution in [0.5, 0.6) is 5.75 Å². The Morgan fingerprint density at radius 2 is 1.98 bits per heavy atom. The molecule has 0 aliphatic carbocycles. The molecule has 1 aromatic heterocycles. The molecule has 13 heteroatoms. The topological polar surface area (TPSA) is 142 Å². The number of nitrogens with one attached hydrogen (secondary N) is 2. The number of hydrogen-bond donors (Lipinski definition) is 5. The molecule has 1 aliphatic rings. The van der Waals surface area contributed by atoms with Crippen molar-refractivity contribution >= 4 is 32.3 Å². The lowest BCUT2D eigenvalue weighted by Crippen LogP contribution is -2.43. The molecule has 1 aliphatic heterocycles. The van der Waals surface area contributed by atoms with Crippen molar-refractivity contribution in [2.45, 2.75) is 42.4 Å². The Balaban J connectivity index is 1.56. The number of sulfonamides is 1. The van der Waals surface area contributed by atoms with E-state index in [1.807, 2.05) is 12.1 Å². The van der Waals surface area contributed by atoms with Gasteiger partial charge in [-0.1, -0.05) is 18.6 Å². The normalized spacial score (nSPS) is 15.5. The number of aromatic nitrogens is 1. The van der Waals surface area contributed by atoms with E-state index in [1.54, 1.807) is 12.1 Å². The fraction of sp³-hybridized carbons (Fsp3) is 0.400. The molecule has 0 spiro atoms. The molecule has 6 N–H and O–H groups in total. The smallest absolute Gasteiger partial charge is 0.283 e. The van der Waals surface area contributed by atoms with Gasteiger partial charge >= 0.3 is 0 Å². The maximum atomic E-state index is 14.5. The van der Waals surface area contributed by atoms with Crippen molar-refractivity contribution in [3.63, 3.8) is 0 Å². The third-order valence-electron chi connectivity index (χ3n) is 7.33. The second-order valence-electron chi connectivity index (χ2n) is 10.4. The molecule has 1 fully saturated rings. The first kappa shape index (κ1) is 32.2. The predicted octanol–water partition coefficient (Wildman–Crippen LogP) is 2.81. The number of aliphatic hydroxyl groups excluding tert-OH is 2. The zero-order valence-electron chi connectivity index (χ0n) is 23.9. The predicted molar refractivity (Wildman–Crippen MR) is 163 cm³/mol. The van der Waals surface area contributed by atoms with Gasteiger partial charge in [0.05, 0.1) is 54.7 Å². The second kappa shape index (κ2) is 13.7. The second-order valence-corrected chi connectivity index (χ2v) is 12.0. The van der Waals surface area contributed by atoms with Gasteiger partial charge in [0.25, 0.3) is 5.92 Å². The largest absolute Gasteiger partial charge is 0.495 e. The van der Waals surface area contributed by atoms with E-state index in [0.29, 0.717) is 29.5 Å². The van der Waals surface area contributed by atoms with Crippen LogP contribution >= 0.6 is 0 Å². The summed E-state index contributed by atoms with van der Waals surface area (Å²) in [7, 11) is -2.50. The van der Waals surface area contributed by atoms with Gasteiger partial charge in [-0.3, -0.25) is 0 Å². The number of piperidine rings is 1. The summed E-state index contributed by atoms with van der Waals surface area (Å²) in [4.78, 5) is 2.02. The van der Waals surface area contributed by atoms with Gasteiger partial charge in [-0.15, -0.1) is 0 Å². The van der Waals surface area contributed by atoms with E-state index in [0.717, 1.165) is 37.0 Å². The summed E-state index contributed by atoms with van der Waals surface area (Å²) < 4.78 is 59.1. The van der Waals surface area contributed by atoms with E-state index in [1.165, 1.54) is 29.9 Å². The monoisotopic (exact) mass is 617 g/mol. The molecular weight excluding hydrogens is 580 g/mol. The minimum atomic E-state index is -3.90. The summed E-state index contributed by atoms with van der Waals surface area (Å²) in [6.45, 7) is 4.44. The van der Waals surface area contributed by atoms with Crippen LogP contribution in [0.2, 0.25) is 0 Å². The van der Waals surface area contributed by atoms with Crippen molar-refractivity contribution in [2.24, 2.45) is 5.14 Å². The SMILES string of the molecule is C=CC(F)(F)Cn1c(C#CCNc2ccc(S(N)(=O)=O)cc2OC)cc2c(NC3CCN(CC(O)CO)CC3)cccc21.